The van der Waals surface area contributed by atoms with Gasteiger partial charge < -0.3 is 9.47 Å². The lowest BCUT2D eigenvalue weighted by Gasteiger charge is -2.07. The second-order valence-electron chi connectivity index (χ2n) is 5.48. The summed E-state index contributed by atoms with van der Waals surface area (Å²) in [6.45, 7) is 5.95. The van der Waals surface area contributed by atoms with E-state index in [0.29, 0.717) is 5.88 Å². The third kappa shape index (κ3) is 4.56. The van der Waals surface area contributed by atoms with Crippen molar-refractivity contribution >= 4 is 11.8 Å². The monoisotopic (exact) mass is 340 g/mol. The number of hydrogen-bond donors (Lipinski definition) is 1. The van der Waals surface area contributed by atoms with Crippen molar-refractivity contribution in [2.75, 3.05) is 14.2 Å². The number of rotatable bonds is 7. The number of H-pyrrole nitrogens is 1. The molecular formula is C19H24N4O2. The highest BCUT2D eigenvalue weighted by Gasteiger charge is 2.11. The standard InChI is InChI=1S/C19H24N4O2/c1-6-13(2)19(25-5)21-12-16(14(3)24-4)18-10-17(22-23-18)15-8-7-9-20-11-15/h7-12H,6H2,1-5H3,(H,22,23)/b16-14-,19-13?,21-12-. The first-order valence-corrected chi connectivity index (χ1v) is 8.09. The fourth-order valence-corrected chi connectivity index (χ4v) is 2.19. The molecule has 0 fully saturated rings. The fourth-order valence-electron chi connectivity index (χ4n) is 2.19. The Morgan fingerprint density at radius 2 is 2.08 bits per heavy atom. The number of allylic oxidation sites excluding steroid dienone is 3. The molecule has 0 saturated heterocycles. The molecule has 2 heterocycles. The first kappa shape index (κ1) is 18.4. The molecule has 0 saturated carbocycles. The Labute approximate surface area is 148 Å². The average molecular weight is 340 g/mol. The van der Waals surface area contributed by atoms with Crippen molar-refractivity contribution in [1.82, 2.24) is 15.2 Å². The van der Waals surface area contributed by atoms with E-state index < -0.39 is 0 Å². The molecule has 0 aliphatic rings. The van der Waals surface area contributed by atoms with E-state index in [1.165, 1.54) is 0 Å². The molecule has 0 atom stereocenters. The van der Waals surface area contributed by atoms with Gasteiger partial charge in [-0.15, -0.1) is 0 Å². The molecule has 0 radical (unpaired) electrons. The third-order valence-corrected chi connectivity index (χ3v) is 3.91. The first-order valence-electron chi connectivity index (χ1n) is 8.09. The highest BCUT2D eigenvalue weighted by Crippen LogP contribution is 2.22. The second kappa shape index (κ2) is 8.82. The van der Waals surface area contributed by atoms with Crippen LogP contribution in [0.3, 0.4) is 0 Å². The summed E-state index contributed by atoms with van der Waals surface area (Å²) in [5.74, 6) is 1.34. The quantitative estimate of drug-likeness (QED) is 0.605. The van der Waals surface area contributed by atoms with Crippen LogP contribution in [0.5, 0.6) is 0 Å². The van der Waals surface area contributed by atoms with Crippen LogP contribution in [-0.4, -0.2) is 35.6 Å². The Hall–Kier alpha value is -2.89. The summed E-state index contributed by atoms with van der Waals surface area (Å²) < 4.78 is 10.8. The maximum atomic E-state index is 5.41. The minimum atomic E-state index is 0.607. The second-order valence-corrected chi connectivity index (χ2v) is 5.48. The van der Waals surface area contributed by atoms with Gasteiger partial charge in [-0.25, -0.2) is 4.99 Å². The van der Waals surface area contributed by atoms with Crippen LogP contribution in [0.1, 0.15) is 32.9 Å². The van der Waals surface area contributed by atoms with Crippen LogP contribution in [0.15, 0.2) is 52.8 Å². The van der Waals surface area contributed by atoms with Crippen LogP contribution in [0.25, 0.3) is 16.8 Å². The van der Waals surface area contributed by atoms with Crippen molar-refractivity contribution in [1.29, 1.82) is 0 Å². The lowest BCUT2D eigenvalue weighted by atomic mass is 10.1. The molecule has 2 aromatic rings. The summed E-state index contributed by atoms with van der Waals surface area (Å²) in [6.07, 6.45) is 6.12. The van der Waals surface area contributed by atoms with Gasteiger partial charge in [0.05, 0.1) is 31.2 Å². The fraction of sp³-hybridized carbons (Fsp3) is 0.316. The van der Waals surface area contributed by atoms with Crippen molar-refractivity contribution in [2.24, 2.45) is 4.99 Å². The molecule has 0 amide bonds. The topological polar surface area (TPSA) is 72.4 Å². The van der Waals surface area contributed by atoms with Crippen molar-refractivity contribution in [3.8, 4) is 11.3 Å². The van der Waals surface area contributed by atoms with Crippen molar-refractivity contribution in [2.45, 2.75) is 27.2 Å². The molecule has 2 aromatic heterocycles. The minimum absolute atomic E-state index is 0.607. The highest BCUT2D eigenvalue weighted by atomic mass is 16.5. The SMILES string of the molecule is CCC(C)=C(/N=C\C(=C(/C)OC)c1cc(-c2cccnc2)n[nH]1)OC. The number of methoxy groups -OCH3 is 2. The van der Waals surface area contributed by atoms with Gasteiger partial charge in [0, 0.05) is 24.2 Å². The smallest absolute Gasteiger partial charge is 0.211 e. The van der Waals surface area contributed by atoms with E-state index in [9.17, 15) is 0 Å². The van der Waals surface area contributed by atoms with Gasteiger partial charge in [-0.1, -0.05) is 6.92 Å². The predicted molar refractivity (Wildman–Crippen MR) is 99.9 cm³/mol. The van der Waals surface area contributed by atoms with Crippen LogP contribution in [0.4, 0.5) is 0 Å². The number of aromatic nitrogens is 3. The Kier molecular flexibility index (Phi) is 6.51. The molecule has 2 rings (SSSR count). The Morgan fingerprint density at radius 1 is 1.28 bits per heavy atom. The van der Waals surface area contributed by atoms with Gasteiger partial charge in [-0.3, -0.25) is 10.1 Å². The molecule has 132 valence electrons. The summed E-state index contributed by atoms with van der Waals surface area (Å²) in [5, 5.41) is 7.40. The van der Waals surface area contributed by atoms with E-state index >= 15 is 0 Å². The van der Waals surface area contributed by atoms with Gasteiger partial charge in [0.2, 0.25) is 5.88 Å². The molecule has 0 unspecified atom stereocenters. The maximum absolute atomic E-state index is 5.41. The minimum Gasteiger partial charge on any atom is -0.501 e. The Balaban J connectivity index is 2.39. The van der Waals surface area contributed by atoms with Crippen LogP contribution < -0.4 is 0 Å². The highest BCUT2D eigenvalue weighted by molar-refractivity contribution is 6.10. The molecule has 0 aliphatic carbocycles. The number of aliphatic imine (C=N–C) groups is 1. The van der Waals surface area contributed by atoms with E-state index in [0.717, 1.165) is 40.3 Å². The normalized spacial score (nSPS) is 13.5. The summed E-state index contributed by atoms with van der Waals surface area (Å²) in [4.78, 5) is 8.60. The van der Waals surface area contributed by atoms with Gasteiger partial charge in [0.25, 0.3) is 0 Å². The number of nitrogens with one attached hydrogen (secondary N) is 1. The molecular weight excluding hydrogens is 316 g/mol. The van der Waals surface area contributed by atoms with E-state index in [2.05, 4.69) is 27.1 Å². The lowest BCUT2D eigenvalue weighted by Crippen LogP contribution is -1.96. The molecule has 0 bridgehead atoms. The third-order valence-electron chi connectivity index (χ3n) is 3.91. The zero-order valence-corrected chi connectivity index (χ0v) is 15.3. The van der Waals surface area contributed by atoms with E-state index in [1.807, 2.05) is 32.0 Å². The van der Waals surface area contributed by atoms with Crippen LogP contribution >= 0.6 is 0 Å². The molecule has 6 nitrogen and oxygen atoms in total. The van der Waals surface area contributed by atoms with E-state index in [-0.39, 0.29) is 0 Å². The average Bonchev–Trinajstić information content (AvgIpc) is 3.14. The molecule has 25 heavy (non-hydrogen) atoms. The molecule has 0 aromatic carbocycles. The van der Waals surface area contributed by atoms with Crippen LogP contribution in [0.2, 0.25) is 0 Å². The number of ether oxygens (including phenoxy) is 2. The summed E-state index contributed by atoms with van der Waals surface area (Å²) in [5.41, 5.74) is 4.45. The Bertz CT molecular complexity index is 789. The number of nitrogens with zero attached hydrogens (tertiary/aromatic N) is 3. The maximum Gasteiger partial charge on any atom is 0.211 e. The van der Waals surface area contributed by atoms with Crippen molar-refractivity contribution in [3.05, 3.63) is 53.5 Å². The zero-order valence-electron chi connectivity index (χ0n) is 15.3. The van der Waals surface area contributed by atoms with E-state index in [1.54, 1.807) is 32.8 Å². The van der Waals surface area contributed by atoms with Crippen molar-refractivity contribution in [3.63, 3.8) is 0 Å². The molecule has 1 N–H and O–H groups in total. The summed E-state index contributed by atoms with van der Waals surface area (Å²) >= 11 is 0. The largest absolute Gasteiger partial charge is 0.501 e. The predicted octanol–water partition coefficient (Wildman–Crippen LogP) is 4.21. The number of pyridine rings is 1. The van der Waals surface area contributed by atoms with Gasteiger partial charge in [0.15, 0.2) is 0 Å². The first-order chi connectivity index (χ1) is 12.1. The Morgan fingerprint density at radius 3 is 2.68 bits per heavy atom. The molecule has 0 spiro atoms. The molecule has 0 aliphatic heterocycles. The van der Waals surface area contributed by atoms with Gasteiger partial charge in [-0.2, -0.15) is 5.10 Å². The van der Waals surface area contributed by atoms with Crippen molar-refractivity contribution < 1.29 is 9.47 Å². The van der Waals surface area contributed by atoms with Gasteiger partial charge in [-0.05, 0) is 44.0 Å². The van der Waals surface area contributed by atoms with Crippen LogP contribution in [0, 0.1) is 0 Å². The summed E-state index contributed by atoms with van der Waals surface area (Å²) in [7, 11) is 3.25. The number of hydrogen-bond acceptors (Lipinski definition) is 5. The zero-order chi connectivity index (χ0) is 18.2. The van der Waals surface area contributed by atoms with Crippen LogP contribution in [-0.2, 0) is 9.47 Å². The van der Waals surface area contributed by atoms with Gasteiger partial charge in [0.1, 0.15) is 5.76 Å². The lowest BCUT2D eigenvalue weighted by molar-refractivity contribution is 0.283. The van der Waals surface area contributed by atoms with Gasteiger partial charge >= 0.3 is 0 Å². The molecule has 6 heteroatoms. The summed E-state index contributed by atoms with van der Waals surface area (Å²) in [6, 6.07) is 5.79. The van der Waals surface area contributed by atoms with E-state index in [4.69, 9.17) is 9.47 Å². The number of aromatic amines is 1.